The Morgan fingerprint density at radius 3 is 0.324 bits per heavy atom. The van der Waals surface area contributed by atoms with E-state index in [1.807, 2.05) is 0 Å². The number of hydrogen-bond donors (Lipinski definition) is 0. The average Bonchev–Trinajstić information content (AvgIpc) is 2.85. The summed E-state index contributed by atoms with van der Waals surface area (Å²) in [5, 5.41) is 0. The minimum atomic E-state index is 1.37. The van der Waals surface area contributed by atoms with Crippen LogP contribution in [0.5, 0.6) is 0 Å². The molecule has 0 rings (SSSR count). The van der Waals surface area contributed by atoms with E-state index in [1.54, 1.807) is 0 Å². The summed E-state index contributed by atoms with van der Waals surface area (Å²) >= 11 is 0. The highest BCUT2D eigenvalue weighted by Crippen LogP contribution is 2.11. The van der Waals surface area contributed by atoms with Crippen LogP contribution in [0.2, 0.25) is 0 Å². The monoisotopic (exact) mass is 483 g/mol. The highest BCUT2D eigenvalue weighted by atomic mass is 14.0. The van der Waals surface area contributed by atoms with E-state index in [-0.39, 0.29) is 0 Å². The second kappa shape index (κ2) is 43.1. The average molecular weight is 483 g/mol. The minimum absolute atomic E-state index is 1.37. The Labute approximate surface area is 221 Å². The Balaban J connectivity index is -0.000000426. The fourth-order valence-electron chi connectivity index (χ4n) is 4.33. The van der Waals surface area contributed by atoms with Crippen molar-refractivity contribution in [3.05, 3.63) is 0 Å². The SMILES string of the molecule is CCCCCCCCCC.CCCCCCCCCCCC.CCCCCCCCCCCC. The van der Waals surface area contributed by atoms with Gasteiger partial charge >= 0.3 is 0 Å². The summed E-state index contributed by atoms with van der Waals surface area (Å²) in [4.78, 5) is 0. The molecule has 34 heavy (non-hydrogen) atoms. The molecule has 0 aliphatic carbocycles. The van der Waals surface area contributed by atoms with Crippen LogP contribution in [0.3, 0.4) is 0 Å². The molecule has 0 saturated heterocycles. The van der Waals surface area contributed by atoms with Gasteiger partial charge in [-0.3, -0.25) is 0 Å². The zero-order valence-electron chi connectivity index (χ0n) is 25.8. The fourth-order valence-corrected chi connectivity index (χ4v) is 4.33. The number of rotatable bonds is 25. The maximum Gasteiger partial charge on any atom is -0.0533 e. The summed E-state index contributed by atoms with van der Waals surface area (Å²) < 4.78 is 0. The lowest BCUT2D eigenvalue weighted by Crippen LogP contribution is -1.80. The first-order valence-corrected chi connectivity index (χ1v) is 16.7. The lowest BCUT2D eigenvalue weighted by atomic mass is 10.1. The first kappa shape index (κ1) is 38.5. The molecule has 0 saturated carbocycles. The van der Waals surface area contributed by atoms with Crippen LogP contribution < -0.4 is 0 Å². The second-order valence-corrected chi connectivity index (χ2v) is 10.8. The van der Waals surface area contributed by atoms with Crippen LogP contribution in [-0.2, 0) is 0 Å². The second-order valence-electron chi connectivity index (χ2n) is 10.8. The molecular weight excluding hydrogens is 408 g/mol. The first-order valence-electron chi connectivity index (χ1n) is 16.7. The lowest BCUT2D eigenvalue weighted by molar-refractivity contribution is 0.562. The van der Waals surface area contributed by atoms with Crippen molar-refractivity contribution in [1.82, 2.24) is 0 Å². The zero-order chi connectivity index (χ0) is 25.8. The molecule has 0 heterocycles. The zero-order valence-corrected chi connectivity index (χ0v) is 25.8. The summed E-state index contributed by atoms with van der Waals surface area (Å²) in [6.07, 6.45) is 40.3. The molecule has 0 amide bonds. The molecule has 0 nitrogen and oxygen atoms in total. The van der Waals surface area contributed by atoms with Gasteiger partial charge in [0.1, 0.15) is 0 Å². The van der Waals surface area contributed by atoms with Crippen molar-refractivity contribution >= 4 is 0 Å². The van der Waals surface area contributed by atoms with Crippen LogP contribution in [0.1, 0.15) is 221 Å². The number of unbranched alkanes of at least 4 members (excludes halogenated alkanes) is 25. The van der Waals surface area contributed by atoms with Gasteiger partial charge in [0.15, 0.2) is 0 Å². The fraction of sp³-hybridized carbons (Fsp3) is 1.00. The van der Waals surface area contributed by atoms with Gasteiger partial charge in [-0.25, -0.2) is 0 Å². The van der Waals surface area contributed by atoms with Crippen molar-refractivity contribution in [2.75, 3.05) is 0 Å². The van der Waals surface area contributed by atoms with E-state index in [9.17, 15) is 0 Å². The van der Waals surface area contributed by atoms with Gasteiger partial charge < -0.3 is 0 Å². The maximum absolute atomic E-state index is 2.28. The molecular formula is C34H74. The van der Waals surface area contributed by atoms with Crippen molar-refractivity contribution in [3.63, 3.8) is 0 Å². The van der Waals surface area contributed by atoms with Crippen LogP contribution in [0.25, 0.3) is 0 Å². The van der Waals surface area contributed by atoms with Gasteiger partial charge in [-0.15, -0.1) is 0 Å². The van der Waals surface area contributed by atoms with Gasteiger partial charge in [0, 0.05) is 0 Å². The van der Waals surface area contributed by atoms with Crippen LogP contribution in [0.4, 0.5) is 0 Å². The lowest BCUT2D eigenvalue weighted by Gasteiger charge is -1.99. The topological polar surface area (TPSA) is 0 Å². The molecule has 0 aliphatic rings. The van der Waals surface area contributed by atoms with Crippen LogP contribution in [-0.4, -0.2) is 0 Å². The molecule has 0 radical (unpaired) electrons. The highest BCUT2D eigenvalue weighted by Gasteiger charge is 1.91. The van der Waals surface area contributed by atoms with Gasteiger partial charge in [-0.05, 0) is 0 Å². The third kappa shape index (κ3) is 49.2. The Kier molecular flexibility index (Phi) is 48.8. The Morgan fingerprint density at radius 2 is 0.235 bits per heavy atom. The van der Waals surface area contributed by atoms with E-state index < -0.39 is 0 Å². The summed E-state index contributed by atoms with van der Waals surface area (Å²) in [6.45, 7) is 13.7. The van der Waals surface area contributed by atoms with Gasteiger partial charge in [-0.2, -0.15) is 0 Å². The molecule has 210 valence electrons. The van der Waals surface area contributed by atoms with E-state index in [0.29, 0.717) is 0 Å². The molecule has 0 aromatic carbocycles. The van der Waals surface area contributed by atoms with Gasteiger partial charge in [0.25, 0.3) is 0 Å². The van der Waals surface area contributed by atoms with Gasteiger partial charge in [-0.1, -0.05) is 221 Å². The predicted octanol–water partition coefficient (Wildman–Crippen LogP) is 14.0. The van der Waals surface area contributed by atoms with Crippen LogP contribution in [0.15, 0.2) is 0 Å². The van der Waals surface area contributed by atoms with Crippen molar-refractivity contribution in [2.24, 2.45) is 0 Å². The predicted molar refractivity (Wildman–Crippen MR) is 163 cm³/mol. The summed E-state index contributed by atoms with van der Waals surface area (Å²) in [5.41, 5.74) is 0. The molecule has 0 aromatic heterocycles. The Hall–Kier alpha value is 0. The van der Waals surface area contributed by atoms with Gasteiger partial charge in [0.05, 0.1) is 0 Å². The summed E-state index contributed by atoms with van der Waals surface area (Å²) in [5.74, 6) is 0. The molecule has 0 fully saturated rings. The molecule has 0 aromatic rings. The molecule has 0 spiro atoms. The normalized spacial score (nSPS) is 10.4. The van der Waals surface area contributed by atoms with Crippen molar-refractivity contribution < 1.29 is 0 Å². The Morgan fingerprint density at radius 1 is 0.147 bits per heavy atom. The standard InChI is InChI=1S/2C12H26.C10H22/c2*1-3-5-7-9-11-12-10-8-6-4-2;1-3-5-7-9-10-8-6-4-2/h2*3-12H2,1-2H3;3-10H2,1-2H3. The third-order valence-corrected chi connectivity index (χ3v) is 6.87. The third-order valence-electron chi connectivity index (χ3n) is 6.87. The van der Waals surface area contributed by atoms with Gasteiger partial charge in [0.2, 0.25) is 0 Å². The first-order chi connectivity index (χ1) is 16.7. The van der Waals surface area contributed by atoms with E-state index in [4.69, 9.17) is 0 Å². The quantitative estimate of drug-likeness (QED) is 0.113. The molecule has 0 unspecified atom stereocenters. The van der Waals surface area contributed by atoms with Crippen LogP contribution >= 0.6 is 0 Å². The van der Waals surface area contributed by atoms with Crippen molar-refractivity contribution in [1.29, 1.82) is 0 Å². The van der Waals surface area contributed by atoms with E-state index >= 15 is 0 Å². The van der Waals surface area contributed by atoms with Crippen molar-refractivity contribution in [3.8, 4) is 0 Å². The molecule has 0 heteroatoms. The molecule has 0 atom stereocenters. The molecule has 0 N–H and O–H groups in total. The summed E-state index contributed by atoms with van der Waals surface area (Å²) in [7, 11) is 0. The van der Waals surface area contributed by atoms with E-state index in [2.05, 4.69) is 41.5 Å². The number of hydrogen-bond acceptors (Lipinski definition) is 0. The summed E-state index contributed by atoms with van der Waals surface area (Å²) in [6, 6.07) is 0. The molecule has 0 aliphatic heterocycles. The van der Waals surface area contributed by atoms with Crippen molar-refractivity contribution in [2.45, 2.75) is 221 Å². The highest BCUT2D eigenvalue weighted by molar-refractivity contribution is 4.47. The molecule has 0 bridgehead atoms. The van der Waals surface area contributed by atoms with Crippen LogP contribution in [0, 0.1) is 0 Å². The smallest absolute Gasteiger partial charge is 0.0533 e. The Bertz CT molecular complexity index is 221. The van der Waals surface area contributed by atoms with E-state index in [1.165, 1.54) is 180 Å². The largest absolute Gasteiger partial charge is 0.0654 e. The minimum Gasteiger partial charge on any atom is -0.0654 e. The maximum atomic E-state index is 2.28. The van der Waals surface area contributed by atoms with E-state index in [0.717, 1.165) is 0 Å².